The van der Waals surface area contributed by atoms with E-state index in [2.05, 4.69) is 15.3 Å². The van der Waals surface area contributed by atoms with E-state index < -0.39 is 29.5 Å². The van der Waals surface area contributed by atoms with Crippen molar-refractivity contribution in [3.8, 4) is 0 Å². The van der Waals surface area contributed by atoms with Crippen LogP contribution in [0.1, 0.15) is 27.7 Å². The Morgan fingerprint density at radius 3 is 2.12 bits per heavy atom. The molecule has 1 atom stereocenters. The fraction of sp³-hybridized carbons (Fsp3) is 0.0769. The molecular weight excluding hydrogens is 438 g/mol. The number of carbonyl (C=O) groups excluding carboxylic acids is 2. The van der Waals surface area contributed by atoms with Crippen LogP contribution >= 0.6 is 0 Å². The molecule has 1 aromatic heterocycles. The summed E-state index contributed by atoms with van der Waals surface area (Å²) in [5, 5.41) is 2.75. The van der Waals surface area contributed by atoms with Crippen molar-refractivity contribution in [1.29, 1.82) is 0 Å². The molecule has 0 aliphatic heterocycles. The molecule has 1 heterocycles. The van der Waals surface area contributed by atoms with Crippen molar-refractivity contribution in [3.63, 3.8) is 0 Å². The Bertz CT molecular complexity index is 1250. The predicted octanol–water partition coefficient (Wildman–Crippen LogP) is 4.78. The Labute approximate surface area is 194 Å². The van der Waals surface area contributed by atoms with Gasteiger partial charge in [-0.25, -0.2) is 13.8 Å². The lowest BCUT2D eigenvalue weighted by Crippen LogP contribution is -2.41. The molecule has 0 aliphatic carbocycles. The molecule has 3 aromatic carbocycles. The second kappa shape index (κ2) is 10.4. The highest BCUT2D eigenvalue weighted by molar-refractivity contribution is 6.00. The highest BCUT2D eigenvalue weighted by Crippen LogP contribution is 2.27. The number of halogens is 2. The van der Waals surface area contributed by atoms with Crippen LogP contribution in [0.4, 0.5) is 14.5 Å². The molecule has 0 radical (unpaired) electrons. The van der Waals surface area contributed by atoms with E-state index in [0.29, 0.717) is 16.8 Å². The highest BCUT2D eigenvalue weighted by Gasteiger charge is 2.33. The van der Waals surface area contributed by atoms with Crippen molar-refractivity contribution in [2.75, 3.05) is 5.32 Å². The lowest BCUT2D eigenvalue weighted by atomic mass is 10.0. The van der Waals surface area contributed by atoms with Crippen LogP contribution in [0.2, 0.25) is 0 Å². The molecule has 34 heavy (non-hydrogen) atoms. The molecule has 4 rings (SSSR count). The quantitative estimate of drug-likeness (QED) is 0.433. The van der Waals surface area contributed by atoms with Gasteiger partial charge in [0.05, 0.1) is 6.20 Å². The maximum absolute atomic E-state index is 13.6. The van der Waals surface area contributed by atoms with Gasteiger partial charge in [0.2, 0.25) is 0 Å². The minimum Gasteiger partial charge on any atom is -0.324 e. The number of nitrogens with zero attached hydrogens (tertiary/aromatic N) is 3. The zero-order valence-electron chi connectivity index (χ0n) is 17.9. The van der Waals surface area contributed by atoms with Crippen molar-refractivity contribution in [2.45, 2.75) is 12.6 Å². The van der Waals surface area contributed by atoms with E-state index in [0.717, 1.165) is 0 Å². The number of amides is 2. The van der Waals surface area contributed by atoms with Crippen molar-refractivity contribution in [3.05, 3.63) is 126 Å². The summed E-state index contributed by atoms with van der Waals surface area (Å²) in [6, 6.07) is 18.7. The first-order valence-electron chi connectivity index (χ1n) is 10.4. The number of nitrogens with one attached hydrogen (secondary N) is 1. The Hall–Kier alpha value is -4.46. The van der Waals surface area contributed by atoms with Gasteiger partial charge >= 0.3 is 0 Å². The molecule has 0 fully saturated rings. The largest absolute Gasteiger partial charge is 0.324 e. The first-order valence-corrected chi connectivity index (χ1v) is 10.4. The van der Waals surface area contributed by atoms with Gasteiger partial charge in [-0.1, -0.05) is 42.5 Å². The standard InChI is InChI=1S/C26H20F2N4O2/c27-20-8-6-18(7-9-20)17-32(26(34)23-16-29-14-15-30-23)24(19-4-2-1-3-5-19)25(33)31-22-12-10-21(28)11-13-22/h1-16,24H,17H2,(H,31,33)/t24-/m0/s1. The summed E-state index contributed by atoms with van der Waals surface area (Å²) in [6.45, 7) is 0.00604. The Morgan fingerprint density at radius 2 is 1.50 bits per heavy atom. The number of rotatable bonds is 7. The van der Waals surface area contributed by atoms with Crippen molar-refractivity contribution < 1.29 is 18.4 Å². The molecule has 0 spiro atoms. The highest BCUT2D eigenvalue weighted by atomic mass is 19.1. The summed E-state index contributed by atoms with van der Waals surface area (Å²) >= 11 is 0. The molecule has 170 valence electrons. The lowest BCUT2D eigenvalue weighted by Gasteiger charge is -2.31. The van der Waals surface area contributed by atoms with E-state index in [-0.39, 0.29) is 12.2 Å². The van der Waals surface area contributed by atoms with E-state index in [1.165, 1.54) is 59.9 Å². The van der Waals surface area contributed by atoms with E-state index in [4.69, 9.17) is 0 Å². The molecule has 1 N–H and O–H groups in total. The number of hydrogen-bond acceptors (Lipinski definition) is 4. The summed E-state index contributed by atoms with van der Waals surface area (Å²) in [5.41, 5.74) is 1.61. The molecule has 0 aliphatic rings. The second-order valence-electron chi connectivity index (χ2n) is 7.46. The van der Waals surface area contributed by atoms with Crippen LogP contribution in [-0.2, 0) is 11.3 Å². The minimum atomic E-state index is -1.06. The zero-order chi connectivity index (χ0) is 23.9. The smallest absolute Gasteiger partial charge is 0.275 e. The van der Waals surface area contributed by atoms with Gasteiger partial charge < -0.3 is 10.2 Å². The summed E-state index contributed by atoms with van der Waals surface area (Å²) in [7, 11) is 0. The number of carbonyl (C=O) groups is 2. The molecule has 8 heteroatoms. The van der Waals surface area contributed by atoms with Gasteiger partial charge in [-0.2, -0.15) is 0 Å². The van der Waals surface area contributed by atoms with Crippen molar-refractivity contribution >= 4 is 17.5 Å². The van der Waals surface area contributed by atoms with Crippen LogP contribution in [0.25, 0.3) is 0 Å². The van der Waals surface area contributed by atoms with E-state index in [1.54, 1.807) is 42.5 Å². The van der Waals surface area contributed by atoms with Gasteiger partial charge in [-0.15, -0.1) is 0 Å². The molecule has 0 saturated heterocycles. The summed E-state index contributed by atoms with van der Waals surface area (Å²) in [4.78, 5) is 36.5. The second-order valence-corrected chi connectivity index (χ2v) is 7.46. The van der Waals surface area contributed by atoms with Crippen LogP contribution < -0.4 is 5.32 Å². The maximum Gasteiger partial charge on any atom is 0.275 e. The molecule has 0 saturated carbocycles. The maximum atomic E-state index is 13.6. The molecule has 0 bridgehead atoms. The van der Waals surface area contributed by atoms with Gasteiger partial charge in [0.1, 0.15) is 23.4 Å². The third kappa shape index (κ3) is 5.47. The SMILES string of the molecule is O=C(Nc1ccc(F)cc1)[C@H](c1ccccc1)N(Cc1ccc(F)cc1)C(=O)c1cnccn1. The first kappa shape index (κ1) is 22.7. The fourth-order valence-electron chi connectivity index (χ4n) is 3.48. The van der Waals surface area contributed by atoms with Crippen LogP contribution in [0.5, 0.6) is 0 Å². The average molecular weight is 458 g/mol. The summed E-state index contributed by atoms with van der Waals surface area (Å²) in [5.74, 6) is -1.88. The van der Waals surface area contributed by atoms with E-state index >= 15 is 0 Å². The van der Waals surface area contributed by atoms with Gasteiger partial charge in [-0.05, 0) is 47.5 Å². The number of aromatic nitrogens is 2. The van der Waals surface area contributed by atoms with Gasteiger partial charge in [-0.3, -0.25) is 14.6 Å². The van der Waals surface area contributed by atoms with Gasteiger partial charge in [0, 0.05) is 24.6 Å². The van der Waals surface area contributed by atoms with E-state index in [1.807, 2.05) is 0 Å². The predicted molar refractivity (Wildman–Crippen MR) is 123 cm³/mol. The molecule has 0 unspecified atom stereocenters. The topological polar surface area (TPSA) is 75.2 Å². The minimum absolute atomic E-state index is 0.00604. The molecule has 2 amide bonds. The summed E-state index contributed by atoms with van der Waals surface area (Å²) in [6.07, 6.45) is 4.15. The fourth-order valence-corrected chi connectivity index (χ4v) is 3.48. The zero-order valence-corrected chi connectivity index (χ0v) is 17.9. The number of anilines is 1. The van der Waals surface area contributed by atoms with Crippen LogP contribution in [0, 0.1) is 11.6 Å². The normalized spacial score (nSPS) is 11.5. The monoisotopic (exact) mass is 458 g/mol. The third-order valence-corrected chi connectivity index (χ3v) is 5.10. The van der Waals surface area contributed by atoms with Crippen LogP contribution in [0.15, 0.2) is 97.5 Å². The third-order valence-electron chi connectivity index (χ3n) is 5.10. The first-order chi connectivity index (χ1) is 16.5. The van der Waals surface area contributed by atoms with Gasteiger partial charge in [0.15, 0.2) is 0 Å². The van der Waals surface area contributed by atoms with Crippen molar-refractivity contribution in [1.82, 2.24) is 14.9 Å². The average Bonchev–Trinajstić information content (AvgIpc) is 2.87. The number of benzene rings is 3. The molecule has 4 aromatic rings. The van der Waals surface area contributed by atoms with Crippen LogP contribution in [-0.4, -0.2) is 26.7 Å². The Kier molecular flexibility index (Phi) is 6.98. The lowest BCUT2D eigenvalue weighted by molar-refractivity contribution is -0.121. The van der Waals surface area contributed by atoms with Crippen molar-refractivity contribution in [2.24, 2.45) is 0 Å². The summed E-state index contributed by atoms with van der Waals surface area (Å²) < 4.78 is 26.8. The number of hydrogen-bond donors (Lipinski definition) is 1. The molecular formula is C26H20F2N4O2. The Balaban J connectivity index is 1.76. The van der Waals surface area contributed by atoms with Gasteiger partial charge in [0.25, 0.3) is 11.8 Å². The Morgan fingerprint density at radius 1 is 0.853 bits per heavy atom. The molecule has 6 nitrogen and oxygen atoms in total. The van der Waals surface area contributed by atoms with Crippen LogP contribution in [0.3, 0.4) is 0 Å². The van der Waals surface area contributed by atoms with E-state index in [9.17, 15) is 18.4 Å².